The summed E-state index contributed by atoms with van der Waals surface area (Å²) in [6, 6.07) is 0.388. The lowest BCUT2D eigenvalue weighted by Crippen LogP contribution is -2.33. The number of halogens is 1. The van der Waals surface area contributed by atoms with E-state index in [9.17, 15) is 4.79 Å². The molecule has 0 saturated heterocycles. The molecule has 20 heavy (non-hydrogen) atoms. The van der Waals surface area contributed by atoms with E-state index in [1.165, 1.54) is 23.9 Å². The highest BCUT2D eigenvalue weighted by Gasteiger charge is 2.24. The Morgan fingerprint density at radius 3 is 2.80 bits per heavy atom. The molecule has 2 rings (SSSR count). The summed E-state index contributed by atoms with van der Waals surface area (Å²) in [6.07, 6.45) is 5.62. The molecule has 6 heteroatoms. The highest BCUT2D eigenvalue weighted by atomic mass is 79.9. The van der Waals surface area contributed by atoms with E-state index in [1.807, 2.05) is 19.0 Å². The van der Waals surface area contributed by atoms with Gasteiger partial charge < -0.3 is 10.2 Å². The number of anilines is 1. The minimum absolute atomic E-state index is 0.0716. The second-order valence-electron chi connectivity index (χ2n) is 5.83. The first kappa shape index (κ1) is 15.5. The van der Waals surface area contributed by atoms with Gasteiger partial charge in [-0.05, 0) is 55.7 Å². The van der Waals surface area contributed by atoms with E-state index in [2.05, 4.69) is 33.3 Å². The zero-order valence-electron chi connectivity index (χ0n) is 12.4. The normalized spacial score (nSPS) is 17.1. The molecular formula is C14H23BrN4O. The van der Waals surface area contributed by atoms with E-state index in [-0.39, 0.29) is 5.56 Å². The Bertz CT molecular complexity index is 510. The van der Waals surface area contributed by atoms with Gasteiger partial charge in [0.25, 0.3) is 5.56 Å². The first-order chi connectivity index (χ1) is 9.49. The van der Waals surface area contributed by atoms with Gasteiger partial charge in [0.05, 0.1) is 18.4 Å². The molecule has 0 amide bonds. The maximum atomic E-state index is 12.2. The van der Waals surface area contributed by atoms with Crippen LogP contribution in [0.4, 0.5) is 5.69 Å². The smallest absolute Gasteiger partial charge is 0.283 e. The Morgan fingerprint density at radius 2 is 2.25 bits per heavy atom. The van der Waals surface area contributed by atoms with Crippen molar-refractivity contribution >= 4 is 21.6 Å². The second-order valence-corrected chi connectivity index (χ2v) is 6.62. The molecule has 0 bridgehead atoms. The molecule has 0 spiro atoms. The van der Waals surface area contributed by atoms with Gasteiger partial charge in [-0.2, -0.15) is 5.10 Å². The Morgan fingerprint density at radius 1 is 1.55 bits per heavy atom. The van der Waals surface area contributed by atoms with Gasteiger partial charge in [0.15, 0.2) is 0 Å². The molecule has 0 aliphatic heterocycles. The average molecular weight is 343 g/mol. The van der Waals surface area contributed by atoms with Crippen LogP contribution < -0.4 is 10.9 Å². The molecule has 1 aromatic heterocycles. The molecule has 1 aliphatic carbocycles. The lowest BCUT2D eigenvalue weighted by atomic mass is 9.80. The van der Waals surface area contributed by atoms with Crippen LogP contribution in [0.3, 0.4) is 0 Å². The molecule has 5 nitrogen and oxygen atoms in total. The Balaban J connectivity index is 2.07. The molecule has 1 unspecified atom stereocenters. The van der Waals surface area contributed by atoms with Gasteiger partial charge in [0.1, 0.15) is 4.47 Å². The summed E-state index contributed by atoms with van der Waals surface area (Å²) >= 11 is 3.41. The van der Waals surface area contributed by atoms with Crippen molar-refractivity contribution in [2.24, 2.45) is 5.92 Å². The number of hydrogen-bond acceptors (Lipinski definition) is 4. The predicted molar refractivity (Wildman–Crippen MR) is 85.2 cm³/mol. The number of likely N-dealkylation sites (N-methyl/N-ethyl adjacent to an activating group) is 1. The van der Waals surface area contributed by atoms with Crippen molar-refractivity contribution in [3.63, 3.8) is 0 Å². The highest BCUT2D eigenvalue weighted by molar-refractivity contribution is 9.10. The number of hydrogen-bond donors (Lipinski definition) is 1. The summed E-state index contributed by atoms with van der Waals surface area (Å²) in [5.41, 5.74) is 0.730. The second kappa shape index (κ2) is 6.72. The van der Waals surface area contributed by atoms with E-state index in [0.29, 0.717) is 17.1 Å². The number of nitrogens with one attached hydrogen (secondary N) is 1. The van der Waals surface area contributed by atoms with Crippen LogP contribution in [0.1, 0.15) is 26.2 Å². The molecule has 1 aliphatic rings. The maximum absolute atomic E-state index is 12.2. The first-order valence-electron chi connectivity index (χ1n) is 7.16. The van der Waals surface area contributed by atoms with Crippen LogP contribution in [0.5, 0.6) is 0 Å². The Labute approximate surface area is 128 Å². The fraction of sp³-hybridized carbons (Fsp3) is 0.714. The summed E-state index contributed by atoms with van der Waals surface area (Å²) in [5.74, 6) is 0.720. The van der Waals surface area contributed by atoms with Crippen LogP contribution in [0.2, 0.25) is 0 Å². The van der Waals surface area contributed by atoms with E-state index in [0.717, 1.165) is 18.2 Å². The minimum Gasteiger partial charge on any atom is -0.380 e. The summed E-state index contributed by atoms with van der Waals surface area (Å²) in [6.45, 7) is 3.57. The van der Waals surface area contributed by atoms with Crippen molar-refractivity contribution in [2.75, 3.05) is 26.0 Å². The first-order valence-corrected chi connectivity index (χ1v) is 7.95. The number of rotatable bonds is 6. The largest absolute Gasteiger partial charge is 0.380 e. The van der Waals surface area contributed by atoms with E-state index >= 15 is 0 Å². The van der Waals surface area contributed by atoms with Crippen molar-refractivity contribution in [1.29, 1.82) is 0 Å². The third-order valence-electron chi connectivity index (χ3n) is 3.98. The zero-order valence-corrected chi connectivity index (χ0v) is 14.0. The fourth-order valence-corrected chi connectivity index (χ4v) is 2.74. The molecule has 0 radical (unpaired) electrons. The Kier molecular flexibility index (Phi) is 5.21. The van der Waals surface area contributed by atoms with E-state index in [1.54, 1.807) is 6.20 Å². The predicted octanol–water partition coefficient (Wildman–Crippen LogP) is 2.17. The summed E-state index contributed by atoms with van der Waals surface area (Å²) in [5, 5.41) is 7.66. The van der Waals surface area contributed by atoms with Gasteiger partial charge in [-0.1, -0.05) is 6.42 Å². The third-order valence-corrected chi connectivity index (χ3v) is 4.75. The van der Waals surface area contributed by atoms with Gasteiger partial charge in [0, 0.05) is 12.6 Å². The van der Waals surface area contributed by atoms with Crippen LogP contribution in [0.15, 0.2) is 15.5 Å². The quantitative estimate of drug-likeness (QED) is 0.860. The van der Waals surface area contributed by atoms with Gasteiger partial charge >= 0.3 is 0 Å². The van der Waals surface area contributed by atoms with Crippen LogP contribution in [-0.2, 0) is 6.54 Å². The molecule has 1 fully saturated rings. The van der Waals surface area contributed by atoms with Crippen LogP contribution in [0, 0.1) is 5.92 Å². The van der Waals surface area contributed by atoms with Gasteiger partial charge in [-0.3, -0.25) is 4.79 Å². The van der Waals surface area contributed by atoms with Gasteiger partial charge in [-0.25, -0.2) is 4.68 Å². The third kappa shape index (κ3) is 3.61. The van der Waals surface area contributed by atoms with Crippen molar-refractivity contribution < 1.29 is 0 Å². The SMILES string of the molecule is CC(Nc1cnn(CCN(C)C)c(=O)c1Br)C1CCC1. The minimum atomic E-state index is -0.0716. The lowest BCUT2D eigenvalue weighted by molar-refractivity contribution is 0.285. The van der Waals surface area contributed by atoms with Crippen molar-refractivity contribution in [3.8, 4) is 0 Å². The van der Waals surface area contributed by atoms with Crippen molar-refractivity contribution in [3.05, 3.63) is 21.0 Å². The van der Waals surface area contributed by atoms with Crippen molar-refractivity contribution in [1.82, 2.24) is 14.7 Å². The molecule has 1 atom stereocenters. The van der Waals surface area contributed by atoms with Crippen molar-refractivity contribution in [2.45, 2.75) is 38.8 Å². The molecular weight excluding hydrogens is 320 g/mol. The van der Waals surface area contributed by atoms with Gasteiger partial charge in [0.2, 0.25) is 0 Å². The molecule has 1 aromatic rings. The molecule has 0 aromatic carbocycles. The summed E-state index contributed by atoms with van der Waals surface area (Å²) in [4.78, 5) is 14.3. The van der Waals surface area contributed by atoms with Gasteiger partial charge in [-0.15, -0.1) is 0 Å². The zero-order chi connectivity index (χ0) is 14.7. The Hall–Kier alpha value is -0.880. The van der Waals surface area contributed by atoms with E-state index in [4.69, 9.17) is 0 Å². The topological polar surface area (TPSA) is 50.2 Å². The average Bonchev–Trinajstić information content (AvgIpc) is 2.31. The molecule has 1 heterocycles. The van der Waals surface area contributed by atoms with E-state index < -0.39 is 0 Å². The number of aromatic nitrogens is 2. The highest BCUT2D eigenvalue weighted by Crippen LogP contribution is 2.31. The summed E-state index contributed by atoms with van der Waals surface area (Å²) in [7, 11) is 3.96. The van der Waals surface area contributed by atoms with Crippen LogP contribution in [0.25, 0.3) is 0 Å². The number of nitrogens with zero attached hydrogens (tertiary/aromatic N) is 3. The molecule has 1 saturated carbocycles. The molecule has 1 N–H and O–H groups in total. The summed E-state index contributed by atoms with van der Waals surface area (Å²) < 4.78 is 2.08. The standard InChI is InChI=1S/C14H23BrN4O/c1-10(11-5-4-6-11)17-12-9-16-19(8-7-18(2)3)14(20)13(12)15/h9-11,17H,4-8H2,1-3H3. The van der Waals surface area contributed by atoms with Crippen LogP contribution >= 0.6 is 15.9 Å². The maximum Gasteiger partial charge on any atom is 0.283 e. The lowest BCUT2D eigenvalue weighted by Gasteiger charge is -2.32. The molecule has 112 valence electrons. The van der Waals surface area contributed by atoms with Crippen LogP contribution in [-0.4, -0.2) is 41.4 Å². The monoisotopic (exact) mass is 342 g/mol. The fourth-order valence-electron chi connectivity index (χ4n) is 2.32.